The maximum atomic E-state index is 12.8. The van der Waals surface area contributed by atoms with E-state index in [2.05, 4.69) is 15.8 Å². The molecule has 0 saturated carbocycles. The summed E-state index contributed by atoms with van der Waals surface area (Å²) in [5.74, 6) is -0.749. The van der Waals surface area contributed by atoms with Crippen LogP contribution in [0.1, 0.15) is 45.6 Å². The Morgan fingerprint density at radius 1 is 1.19 bits per heavy atom. The summed E-state index contributed by atoms with van der Waals surface area (Å²) >= 11 is 0. The number of nitrogens with two attached hydrogens (primary N) is 2. The molecular weight excluding hydrogens is 398 g/mol. The Labute approximate surface area is 183 Å². The molecule has 0 aromatic heterocycles. The Bertz CT molecular complexity index is 788. The Morgan fingerprint density at radius 3 is 2.45 bits per heavy atom. The number of amides is 2. The van der Waals surface area contributed by atoms with Gasteiger partial charge in [0, 0.05) is 18.9 Å². The van der Waals surface area contributed by atoms with Crippen LogP contribution in [0.2, 0.25) is 0 Å². The lowest BCUT2D eigenvalue weighted by atomic mass is 9.87. The van der Waals surface area contributed by atoms with Gasteiger partial charge in [-0.3, -0.25) is 14.4 Å². The fourth-order valence-electron chi connectivity index (χ4n) is 3.49. The third-order valence-electron chi connectivity index (χ3n) is 5.05. The van der Waals surface area contributed by atoms with Crippen molar-refractivity contribution in [3.63, 3.8) is 0 Å². The molecular formula is C22H33N5O4. The zero-order valence-corrected chi connectivity index (χ0v) is 18.3. The molecule has 2 rings (SSSR count). The quantitative estimate of drug-likeness (QED) is 0.250. The van der Waals surface area contributed by atoms with E-state index in [0.29, 0.717) is 5.57 Å². The van der Waals surface area contributed by atoms with Crippen LogP contribution < -0.4 is 22.3 Å². The molecule has 1 aliphatic rings. The lowest BCUT2D eigenvalue weighted by molar-refractivity contribution is -0.131. The number of nitrogens with one attached hydrogen (secondary N) is 2. The van der Waals surface area contributed by atoms with Gasteiger partial charge < -0.3 is 21.5 Å². The maximum Gasteiger partial charge on any atom is 0.270 e. The maximum absolute atomic E-state index is 12.8. The summed E-state index contributed by atoms with van der Waals surface area (Å²) in [6.07, 6.45) is 2.94. The highest BCUT2D eigenvalue weighted by Gasteiger charge is 2.37. The van der Waals surface area contributed by atoms with Crippen molar-refractivity contribution in [3.05, 3.63) is 47.5 Å². The highest BCUT2D eigenvalue weighted by atomic mass is 16.6. The lowest BCUT2D eigenvalue weighted by Crippen LogP contribution is -2.54. The highest BCUT2D eigenvalue weighted by molar-refractivity contribution is 5.93. The van der Waals surface area contributed by atoms with Crippen LogP contribution in [-0.4, -0.2) is 42.1 Å². The molecule has 0 heterocycles. The summed E-state index contributed by atoms with van der Waals surface area (Å²) < 4.78 is 6.21. The molecule has 0 saturated heterocycles. The number of rotatable bonds is 10. The minimum Gasteiger partial charge on any atom is -0.370 e. The molecule has 31 heavy (non-hydrogen) atoms. The number of hydrogen-bond acceptors (Lipinski definition) is 5. The molecule has 3 atom stereocenters. The largest absolute Gasteiger partial charge is 0.370 e. The Kier molecular flexibility index (Phi) is 9.48. The van der Waals surface area contributed by atoms with E-state index in [1.54, 1.807) is 6.08 Å². The van der Waals surface area contributed by atoms with Crippen molar-refractivity contribution < 1.29 is 19.2 Å². The molecule has 0 bridgehead atoms. The highest BCUT2D eigenvalue weighted by Crippen LogP contribution is 2.26. The van der Waals surface area contributed by atoms with Crippen molar-refractivity contribution in [1.82, 2.24) is 10.8 Å². The number of guanidine groups is 1. The predicted octanol–water partition coefficient (Wildman–Crippen LogP) is 1.29. The van der Waals surface area contributed by atoms with Crippen molar-refractivity contribution in [2.24, 2.45) is 16.5 Å². The van der Waals surface area contributed by atoms with E-state index in [0.717, 1.165) is 18.4 Å². The summed E-state index contributed by atoms with van der Waals surface area (Å²) in [6, 6.07) is 8.45. The second-order valence-corrected chi connectivity index (χ2v) is 7.49. The zero-order valence-electron chi connectivity index (χ0n) is 18.3. The van der Waals surface area contributed by atoms with Crippen LogP contribution in [0.4, 0.5) is 0 Å². The van der Waals surface area contributed by atoms with E-state index in [1.165, 1.54) is 6.92 Å². The van der Waals surface area contributed by atoms with E-state index in [1.807, 2.05) is 44.2 Å². The average molecular weight is 432 g/mol. The Balaban J connectivity index is 2.20. The number of aliphatic imine (C=N–C) groups is 1. The van der Waals surface area contributed by atoms with Crippen LogP contribution in [0.3, 0.4) is 0 Å². The van der Waals surface area contributed by atoms with Gasteiger partial charge in [-0.1, -0.05) is 44.2 Å². The van der Waals surface area contributed by atoms with Gasteiger partial charge in [-0.2, -0.15) is 0 Å². The molecule has 1 aliphatic carbocycles. The molecule has 2 amide bonds. The second-order valence-electron chi connectivity index (χ2n) is 7.49. The fourth-order valence-corrected chi connectivity index (χ4v) is 3.49. The number of hydrogen-bond donors (Lipinski definition) is 4. The number of hydroxylamine groups is 1. The smallest absolute Gasteiger partial charge is 0.270 e. The van der Waals surface area contributed by atoms with E-state index in [-0.39, 0.29) is 31.0 Å². The molecule has 0 aliphatic heterocycles. The molecule has 9 heteroatoms. The van der Waals surface area contributed by atoms with Crippen molar-refractivity contribution in [1.29, 1.82) is 0 Å². The van der Waals surface area contributed by atoms with Crippen molar-refractivity contribution >= 4 is 17.8 Å². The van der Waals surface area contributed by atoms with Crippen LogP contribution in [-0.2, 0) is 25.8 Å². The van der Waals surface area contributed by atoms with Crippen LogP contribution in [0.25, 0.3) is 0 Å². The zero-order chi connectivity index (χ0) is 22.8. The first kappa shape index (κ1) is 24.4. The SMILES string of the molecule is CCC(CC)O[C@@H]1C=C(C(=O)NOCc2ccccc2)C[C@H](N=C(N)N)[C@H]1NC(C)=O. The van der Waals surface area contributed by atoms with Crippen molar-refractivity contribution in [2.75, 3.05) is 0 Å². The van der Waals surface area contributed by atoms with Gasteiger partial charge in [-0.15, -0.1) is 0 Å². The first-order valence-electron chi connectivity index (χ1n) is 10.5. The minimum absolute atomic E-state index is 0.0332. The van der Waals surface area contributed by atoms with Crippen LogP contribution in [0.5, 0.6) is 0 Å². The van der Waals surface area contributed by atoms with Crippen LogP contribution >= 0.6 is 0 Å². The standard InChI is InChI=1S/C22H33N5O4/c1-4-17(5-2)31-19-12-16(11-18(26-22(23)24)20(19)25-14(3)28)21(29)27-30-13-15-9-7-6-8-10-15/h6-10,12,17-20H,4-5,11,13H2,1-3H3,(H,25,28)(H,27,29)(H4,23,24,26)/t18-,19+,20+/m0/s1. The van der Waals surface area contributed by atoms with E-state index >= 15 is 0 Å². The topological polar surface area (TPSA) is 141 Å². The second kappa shape index (κ2) is 12.1. The number of nitrogens with zero attached hydrogens (tertiary/aromatic N) is 1. The number of carbonyl (C=O) groups is 2. The third kappa shape index (κ3) is 7.69. The number of ether oxygens (including phenoxy) is 1. The molecule has 0 radical (unpaired) electrons. The van der Waals surface area contributed by atoms with Gasteiger partial charge in [0.25, 0.3) is 5.91 Å². The third-order valence-corrected chi connectivity index (χ3v) is 5.05. The molecule has 0 spiro atoms. The fraction of sp³-hybridized carbons (Fsp3) is 0.500. The Hall–Kier alpha value is -2.91. The van der Waals surface area contributed by atoms with E-state index in [4.69, 9.17) is 21.0 Å². The minimum atomic E-state index is -0.564. The molecule has 1 aromatic rings. The molecule has 1 aromatic carbocycles. The number of carbonyl (C=O) groups excluding carboxylic acids is 2. The molecule has 170 valence electrons. The molecule has 0 fully saturated rings. The van der Waals surface area contributed by atoms with Gasteiger partial charge in [0.2, 0.25) is 5.91 Å². The predicted molar refractivity (Wildman–Crippen MR) is 119 cm³/mol. The van der Waals surface area contributed by atoms with Crippen LogP contribution in [0, 0.1) is 0 Å². The van der Waals surface area contributed by atoms with Crippen LogP contribution in [0.15, 0.2) is 47.0 Å². The normalized spacial score (nSPS) is 20.6. The molecule has 0 unspecified atom stereocenters. The summed E-state index contributed by atoms with van der Waals surface area (Å²) in [5.41, 5.74) is 15.1. The summed E-state index contributed by atoms with van der Waals surface area (Å²) in [5, 5.41) is 2.88. The Morgan fingerprint density at radius 2 is 1.87 bits per heavy atom. The van der Waals surface area contributed by atoms with E-state index in [9.17, 15) is 9.59 Å². The van der Waals surface area contributed by atoms with E-state index < -0.39 is 24.1 Å². The summed E-state index contributed by atoms with van der Waals surface area (Å²) in [4.78, 5) is 34.2. The van der Waals surface area contributed by atoms with Gasteiger partial charge in [0.05, 0.1) is 30.9 Å². The molecule has 9 nitrogen and oxygen atoms in total. The van der Waals surface area contributed by atoms with Gasteiger partial charge in [-0.25, -0.2) is 10.5 Å². The lowest BCUT2D eigenvalue weighted by Gasteiger charge is -2.36. The average Bonchev–Trinajstić information content (AvgIpc) is 2.73. The van der Waals surface area contributed by atoms with Gasteiger partial charge in [-0.05, 0) is 24.5 Å². The number of benzene rings is 1. The summed E-state index contributed by atoms with van der Waals surface area (Å²) in [6.45, 7) is 5.70. The van der Waals surface area contributed by atoms with Gasteiger partial charge >= 0.3 is 0 Å². The van der Waals surface area contributed by atoms with Crippen molar-refractivity contribution in [3.8, 4) is 0 Å². The first-order chi connectivity index (χ1) is 14.8. The first-order valence-corrected chi connectivity index (χ1v) is 10.5. The van der Waals surface area contributed by atoms with Crippen molar-refractivity contribution in [2.45, 2.75) is 70.9 Å². The van der Waals surface area contributed by atoms with Gasteiger partial charge in [0.1, 0.15) is 0 Å². The monoisotopic (exact) mass is 431 g/mol. The van der Waals surface area contributed by atoms with Gasteiger partial charge in [0.15, 0.2) is 5.96 Å². The molecule has 6 N–H and O–H groups in total. The summed E-state index contributed by atoms with van der Waals surface area (Å²) in [7, 11) is 0.